The fourth-order valence-electron chi connectivity index (χ4n) is 2.83. The molecule has 0 bridgehead atoms. The second-order valence-electron chi connectivity index (χ2n) is 5.32. The molecule has 0 radical (unpaired) electrons. The third-order valence-electron chi connectivity index (χ3n) is 3.76. The predicted octanol–water partition coefficient (Wildman–Crippen LogP) is 2.43. The van der Waals surface area contributed by atoms with Crippen LogP contribution in [0.3, 0.4) is 0 Å². The van der Waals surface area contributed by atoms with Gasteiger partial charge in [-0.1, -0.05) is 12.1 Å². The van der Waals surface area contributed by atoms with E-state index >= 15 is 0 Å². The summed E-state index contributed by atoms with van der Waals surface area (Å²) in [6.45, 7) is 5.54. The summed E-state index contributed by atoms with van der Waals surface area (Å²) in [6, 6.07) is 11.0. The minimum atomic E-state index is 0.189. The lowest BCUT2D eigenvalue weighted by atomic mass is 9.89. The first-order valence-electron chi connectivity index (χ1n) is 6.65. The number of hydrogen-bond donors (Lipinski definition) is 1. The second kappa shape index (κ2) is 5.51. The van der Waals surface area contributed by atoms with Gasteiger partial charge in [-0.3, -0.25) is 4.90 Å². The molecule has 2 N–H and O–H groups in total. The van der Waals surface area contributed by atoms with Gasteiger partial charge in [-0.05, 0) is 50.9 Å². The Hall–Kier alpha value is -1.37. The standard InChI is InChI=1S/C15H21N3/c1-11(2)18-9-3-4-14(17)15(18)13-7-5-12(10-16)6-8-13/h5-8,11,14-15H,3-4,9,17H2,1-2H3. The molecule has 1 fully saturated rings. The highest BCUT2D eigenvalue weighted by molar-refractivity contribution is 5.33. The van der Waals surface area contributed by atoms with Crippen molar-refractivity contribution in [2.75, 3.05) is 6.54 Å². The topological polar surface area (TPSA) is 53.0 Å². The van der Waals surface area contributed by atoms with Crippen LogP contribution in [0.5, 0.6) is 0 Å². The maximum atomic E-state index is 8.85. The summed E-state index contributed by atoms with van der Waals surface area (Å²) in [5.41, 5.74) is 8.24. The Bertz CT molecular complexity index is 430. The highest BCUT2D eigenvalue weighted by Gasteiger charge is 2.31. The molecule has 0 aromatic heterocycles. The lowest BCUT2D eigenvalue weighted by Gasteiger charge is -2.42. The Balaban J connectivity index is 2.28. The van der Waals surface area contributed by atoms with Crippen LogP contribution in [0, 0.1) is 11.3 Å². The maximum absolute atomic E-state index is 8.85. The van der Waals surface area contributed by atoms with E-state index in [2.05, 4.69) is 24.8 Å². The second-order valence-corrected chi connectivity index (χ2v) is 5.32. The van der Waals surface area contributed by atoms with E-state index < -0.39 is 0 Å². The zero-order valence-corrected chi connectivity index (χ0v) is 11.1. The van der Waals surface area contributed by atoms with Crippen LogP contribution in [0.15, 0.2) is 24.3 Å². The third kappa shape index (κ3) is 2.55. The molecule has 2 unspecified atom stereocenters. The number of nitrogens with two attached hydrogens (primary N) is 1. The van der Waals surface area contributed by atoms with E-state index in [0.29, 0.717) is 11.6 Å². The van der Waals surface area contributed by atoms with Crippen molar-refractivity contribution < 1.29 is 0 Å². The van der Waals surface area contributed by atoms with Crippen LogP contribution >= 0.6 is 0 Å². The van der Waals surface area contributed by atoms with Crippen LogP contribution < -0.4 is 5.73 Å². The van der Waals surface area contributed by atoms with Gasteiger partial charge in [0, 0.05) is 12.1 Å². The van der Waals surface area contributed by atoms with Gasteiger partial charge in [-0.2, -0.15) is 5.26 Å². The number of rotatable bonds is 2. The summed E-state index contributed by atoms with van der Waals surface area (Å²) < 4.78 is 0. The number of likely N-dealkylation sites (tertiary alicyclic amines) is 1. The number of nitrogens with zero attached hydrogens (tertiary/aromatic N) is 2. The van der Waals surface area contributed by atoms with E-state index in [1.54, 1.807) is 0 Å². The molecule has 96 valence electrons. The predicted molar refractivity (Wildman–Crippen MR) is 72.9 cm³/mol. The first-order chi connectivity index (χ1) is 8.63. The van der Waals surface area contributed by atoms with Crippen molar-refractivity contribution in [1.82, 2.24) is 4.90 Å². The van der Waals surface area contributed by atoms with E-state index in [1.165, 1.54) is 12.0 Å². The van der Waals surface area contributed by atoms with Crippen LogP contribution in [0.1, 0.15) is 43.9 Å². The van der Waals surface area contributed by atoms with Gasteiger partial charge in [0.15, 0.2) is 0 Å². The largest absolute Gasteiger partial charge is 0.326 e. The molecule has 0 spiro atoms. The van der Waals surface area contributed by atoms with E-state index in [4.69, 9.17) is 11.0 Å². The van der Waals surface area contributed by atoms with E-state index in [1.807, 2.05) is 24.3 Å². The highest BCUT2D eigenvalue weighted by atomic mass is 15.2. The van der Waals surface area contributed by atoms with E-state index in [-0.39, 0.29) is 12.1 Å². The first kappa shape index (κ1) is 13.1. The smallest absolute Gasteiger partial charge is 0.0991 e. The van der Waals surface area contributed by atoms with Crippen molar-refractivity contribution in [1.29, 1.82) is 5.26 Å². The summed E-state index contributed by atoms with van der Waals surface area (Å²) in [5.74, 6) is 0. The van der Waals surface area contributed by atoms with Crippen molar-refractivity contribution in [3.63, 3.8) is 0 Å². The van der Waals surface area contributed by atoms with E-state index in [0.717, 1.165) is 13.0 Å². The normalized spacial score (nSPS) is 25.1. The van der Waals surface area contributed by atoms with Gasteiger partial charge in [-0.15, -0.1) is 0 Å². The number of nitriles is 1. The maximum Gasteiger partial charge on any atom is 0.0991 e. The molecule has 3 nitrogen and oxygen atoms in total. The lowest BCUT2D eigenvalue weighted by molar-refractivity contribution is 0.0947. The summed E-state index contributed by atoms with van der Waals surface area (Å²) in [5, 5.41) is 8.85. The van der Waals surface area contributed by atoms with Crippen molar-refractivity contribution in [3.8, 4) is 6.07 Å². The monoisotopic (exact) mass is 243 g/mol. The van der Waals surface area contributed by atoms with E-state index in [9.17, 15) is 0 Å². The van der Waals surface area contributed by atoms with Gasteiger partial charge in [0.1, 0.15) is 0 Å². The molecule has 1 aromatic carbocycles. The molecule has 2 atom stereocenters. The first-order valence-corrected chi connectivity index (χ1v) is 6.65. The molecule has 3 heteroatoms. The molecule has 0 aliphatic carbocycles. The van der Waals surface area contributed by atoms with Crippen LogP contribution in [-0.2, 0) is 0 Å². The summed E-state index contributed by atoms with van der Waals surface area (Å²) in [7, 11) is 0. The van der Waals surface area contributed by atoms with Gasteiger partial charge in [0.05, 0.1) is 17.7 Å². The fraction of sp³-hybridized carbons (Fsp3) is 0.533. The fourth-order valence-corrected chi connectivity index (χ4v) is 2.83. The van der Waals surface area contributed by atoms with Crippen LogP contribution in [0.2, 0.25) is 0 Å². The molecule has 2 rings (SSSR count). The number of piperidine rings is 1. The van der Waals surface area contributed by atoms with Gasteiger partial charge in [0.25, 0.3) is 0 Å². The van der Waals surface area contributed by atoms with Crippen LogP contribution in [0.4, 0.5) is 0 Å². The molecule has 0 amide bonds. The van der Waals surface area contributed by atoms with Crippen molar-refractivity contribution in [2.24, 2.45) is 5.73 Å². The third-order valence-corrected chi connectivity index (χ3v) is 3.76. The van der Waals surface area contributed by atoms with Gasteiger partial charge < -0.3 is 5.73 Å². The molecule has 1 saturated heterocycles. The molecule has 1 heterocycles. The molecular formula is C15H21N3. The Morgan fingerprint density at radius 3 is 2.56 bits per heavy atom. The molecule has 0 saturated carbocycles. The van der Waals surface area contributed by atoms with Crippen LogP contribution in [0.25, 0.3) is 0 Å². The lowest BCUT2D eigenvalue weighted by Crippen LogP contribution is -2.48. The van der Waals surface area contributed by atoms with Crippen molar-refractivity contribution in [2.45, 2.75) is 44.8 Å². The van der Waals surface area contributed by atoms with Crippen LogP contribution in [-0.4, -0.2) is 23.5 Å². The molecule has 1 aromatic rings. The van der Waals surface area contributed by atoms with Crippen molar-refractivity contribution >= 4 is 0 Å². The number of hydrogen-bond acceptors (Lipinski definition) is 3. The Kier molecular flexibility index (Phi) is 4.00. The molecule has 18 heavy (non-hydrogen) atoms. The SMILES string of the molecule is CC(C)N1CCCC(N)C1c1ccc(C#N)cc1. The number of benzene rings is 1. The average molecular weight is 243 g/mol. The average Bonchev–Trinajstić information content (AvgIpc) is 2.38. The molecule has 1 aliphatic rings. The van der Waals surface area contributed by atoms with Gasteiger partial charge in [-0.25, -0.2) is 0 Å². The van der Waals surface area contributed by atoms with Crippen molar-refractivity contribution in [3.05, 3.63) is 35.4 Å². The highest BCUT2D eigenvalue weighted by Crippen LogP contribution is 2.31. The minimum Gasteiger partial charge on any atom is -0.326 e. The van der Waals surface area contributed by atoms with Gasteiger partial charge in [0.2, 0.25) is 0 Å². The summed E-state index contributed by atoms with van der Waals surface area (Å²) >= 11 is 0. The summed E-state index contributed by atoms with van der Waals surface area (Å²) in [4.78, 5) is 2.47. The molecule has 1 aliphatic heterocycles. The molecular weight excluding hydrogens is 222 g/mol. The Labute approximate surface area is 109 Å². The quantitative estimate of drug-likeness (QED) is 0.868. The Morgan fingerprint density at radius 2 is 2.00 bits per heavy atom. The zero-order valence-electron chi connectivity index (χ0n) is 11.1. The summed E-state index contributed by atoms with van der Waals surface area (Å²) in [6.07, 6.45) is 2.25. The minimum absolute atomic E-state index is 0.189. The van der Waals surface area contributed by atoms with Gasteiger partial charge >= 0.3 is 0 Å². The zero-order chi connectivity index (χ0) is 13.1. The Morgan fingerprint density at radius 1 is 1.33 bits per heavy atom.